The lowest BCUT2D eigenvalue weighted by atomic mass is 10.1. The largest absolute Gasteiger partial charge is 0.479 e. The minimum Gasteiger partial charge on any atom is -0.479 e. The summed E-state index contributed by atoms with van der Waals surface area (Å²) in [6.45, 7) is 9.36. The first-order chi connectivity index (χ1) is 9.67. The lowest BCUT2D eigenvalue weighted by Gasteiger charge is -2.33. The first-order valence-electron chi connectivity index (χ1n) is 7.07. The van der Waals surface area contributed by atoms with Crippen LogP contribution in [-0.4, -0.2) is 30.0 Å². The highest BCUT2D eigenvalue weighted by Gasteiger charge is 2.33. The molecule has 1 aliphatic heterocycles. The molecule has 0 saturated heterocycles. The molecule has 2 amide bonds. The molecule has 0 radical (unpaired) electrons. The first-order valence-corrected chi connectivity index (χ1v) is 7.07. The molecule has 0 spiro atoms. The van der Waals surface area contributed by atoms with Crippen molar-refractivity contribution in [3.05, 3.63) is 23.8 Å². The molecule has 1 unspecified atom stereocenters. The van der Waals surface area contributed by atoms with Gasteiger partial charge >= 0.3 is 0 Å². The first kappa shape index (κ1) is 15.4. The zero-order chi connectivity index (χ0) is 15.8. The van der Waals surface area contributed by atoms with Gasteiger partial charge in [0.05, 0.1) is 5.69 Å². The number of benzene rings is 1. The van der Waals surface area contributed by atoms with Gasteiger partial charge in [0, 0.05) is 5.54 Å². The molecule has 1 aliphatic rings. The van der Waals surface area contributed by atoms with E-state index in [0.717, 1.165) is 5.56 Å². The van der Waals surface area contributed by atoms with Crippen LogP contribution in [0.3, 0.4) is 0 Å². The standard InChI is InChI=1S/C16H22N2O3/c1-10-6-7-13-12(8-10)18(15(20)11(2)21-13)9-14(19)17-16(3,4)5/h6-8,11H,9H2,1-5H3,(H,17,19). The summed E-state index contributed by atoms with van der Waals surface area (Å²) >= 11 is 0. The van der Waals surface area contributed by atoms with Crippen LogP contribution in [0.1, 0.15) is 33.3 Å². The average Bonchev–Trinajstić information content (AvgIpc) is 2.34. The normalized spacial score (nSPS) is 18.0. The Morgan fingerprint density at radius 1 is 1.38 bits per heavy atom. The van der Waals surface area contributed by atoms with Crippen LogP contribution in [0.5, 0.6) is 5.75 Å². The monoisotopic (exact) mass is 290 g/mol. The fourth-order valence-electron chi connectivity index (χ4n) is 2.28. The van der Waals surface area contributed by atoms with Gasteiger partial charge in [-0.1, -0.05) is 6.07 Å². The second kappa shape index (κ2) is 5.39. The molecule has 0 saturated carbocycles. The number of nitrogens with zero attached hydrogens (tertiary/aromatic N) is 1. The van der Waals surface area contributed by atoms with E-state index in [1.807, 2.05) is 45.9 Å². The molecule has 0 fully saturated rings. The van der Waals surface area contributed by atoms with Gasteiger partial charge < -0.3 is 10.1 Å². The van der Waals surface area contributed by atoms with Gasteiger partial charge in [-0.05, 0) is 52.3 Å². The van der Waals surface area contributed by atoms with Crippen molar-refractivity contribution in [3.63, 3.8) is 0 Å². The summed E-state index contributed by atoms with van der Waals surface area (Å²) in [6, 6.07) is 5.63. The Balaban J connectivity index is 2.27. The topological polar surface area (TPSA) is 58.6 Å². The molecule has 2 rings (SSSR count). The number of nitrogens with one attached hydrogen (secondary N) is 1. The van der Waals surface area contributed by atoms with E-state index in [9.17, 15) is 9.59 Å². The van der Waals surface area contributed by atoms with E-state index in [1.54, 1.807) is 6.92 Å². The Morgan fingerprint density at radius 2 is 2.05 bits per heavy atom. The van der Waals surface area contributed by atoms with Crippen LogP contribution in [0.25, 0.3) is 0 Å². The van der Waals surface area contributed by atoms with E-state index < -0.39 is 6.10 Å². The van der Waals surface area contributed by atoms with Crippen molar-refractivity contribution in [2.45, 2.75) is 46.3 Å². The van der Waals surface area contributed by atoms with Crippen LogP contribution in [-0.2, 0) is 9.59 Å². The number of carbonyl (C=O) groups is 2. The molecule has 0 aromatic heterocycles. The van der Waals surface area contributed by atoms with E-state index in [-0.39, 0.29) is 23.9 Å². The molecule has 0 aliphatic carbocycles. The number of hydrogen-bond acceptors (Lipinski definition) is 3. The zero-order valence-corrected chi connectivity index (χ0v) is 13.2. The Morgan fingerprint density at radius 3 is 2.67 bits per heavy atom. The summed E-state index contributed by atoms with van der Waals surface area (Å²) < 4.78 is 5.59. The summed E-state index contributed by atoms with van der Waals surface area (Å²) in [7, 11) is 0. The maximum absolute atomic E-state index is 12.3. The molecule has 5 nitrogen and oxygen atoms in total. The van der Waals surface area contributed by atoms with Crippen LogP contribution in [0.2, 0.25) is 0 Å². The molecule has 5 heteroatoms. The molecule has 0 bridgehead atoms. The highest BCUT2D eigenvalue weighted by atomic mass is 16.5. The quantitative estimate of drug-likeness (QED) is 0.906. The predicted octanol–water partition coefficient (Wildman–Crippen LogP) is 2.02. The molecule has 114 valence electrons. The van der Waals surface area contributed by atoms with Crippen LogP contribution in [0.15, 0.2) is 18.2 Å². The van der Waals surface area contributed by atoms with Crippen molar-refractivity contribution < 1.29 is 14.3 Å². The van der Waals surface area contributed by atoms with Crippen molar-refractivity contribution >= 4 is 17.5 Å². The predicted molar refractivity (Wildman–Crippen MR) is 81.5 cm³/mol. The van der Waals surface area contributed by atoms with E-state index in [1.165, 1.54) is 4.90 Å². The number of aryl methyl sites for hydroxylation is 1. The second-order valence-corrected chi connectivity index (χ2v) is 6.45. The molecule has 1 heterocycles. The van der Waals surface area contributed by atoms with Gasteiger partial charge in [0.2, 0.25) is 5.91 Å². The Kier molecular flexibility index (Phi) is 3.94. The van der Waals surface area contributed by atoms with Gasteiger partial charge in [-0.25, -0.2) is 0 Å². The third-order valence-corrected chi connectivity index (χ3v) is 3.14. The van der Waals surface area contributed by atoms with Crippen LogP contribution in [0, 0.1) is 6.92 Å². The molecule has 1 aromatic carbocycles. The number of ether oxygens (including phenoxy) is 1. The fraction of sp³-hybridized carbons (Fsp3) is 0.500. The molecule has 21 heavy (non-hydrogen) atoms. The Bertz CT molecular complexity index is 575. The van der Waals surface area contributed by atoms with Gasteiger partial charge in [0.15, 0.2) is 6.10 Å². The van der Waals surface area contributed by atoms with Gasteiger partial charge in [-0.15, -0.1) is 0 Å². The maximum Gasteiger partial charge on any atom is 0.268 e. The summed E-state index contributed by atoms with van der Waals surface area (Å²) in [4.78, 5) is 25.9. The lowest BCUT2D eigenvalue weighted by molar-refractivity contribution is -0.128. The summed E-state index contributed by atoms with van der Waals surface area (Å²) in [6.07, 6.45) is -0.581. The minimum absolute atomic E-state index is 0.000255. The molecular formula is C16H22N2O3. The Hall–Kier alpha value is -2.04. The third-order valence-electron chi connectivity index (χ3n) is 3.14. The summed E-state index contributed by atoms with van der Waals surface area (Å²) in [5.74, 6) is 0.255. The molecular weight excluding hydrogens is 268 g/mol. The van der Waals surface area contributed by atoms with Crippen LogP contribution in [0.4, 0.5) is 5.69 Å². The molecule has 1 aromatic rings. The van der Waals surface area contributed by atoms with E-state index in [0.29, 0.717) is 11.4 Å². The third kappa shape index (κ3) is 3.54. The number of rotatable bonds is 2. The SMILES string of the molecule is Cc1ccc2c(c1)N(CC(=O)NC(C)(C)C)C(=O)C(C)O2. The molecule has 1 atom stereocenters. The van der Waals surface area contributed by atoms with Crippen molar-refractivity contribution in [1.29, 1.82) is 0 Å². The molecule has 1 N–H and O–H groups in total. The maximum atomic E-state index is 12.3. The Labute approximate surface area is 125 Å². The van der Waals surface area contributed by atoms with Crippen LogP contribution >= 0.6 is 0 Å². The van der Waals surface area contributed by atoms with Gasteiger partial charge in [-0.3, -0.25) is 14.5 Å². The van der Waals surface area contributed by atoms with Crippen LogP contribution < -0.4 is 15.0 Å². The van der Waals surface area contributed by atoms with Crippen molar-refractivity contribution in [1.82, 2.24) is 5.32 Å². The van der Waals surface area contributed by atoms with Gasteiger partial charge in [-0.2, -0.15) is 0 Å². The van der Waals surface area contributed by atoms with Crippen molar-refractivity contribution in [2.24, 2.45) is 0 Å². The van der Waals surface area contributed by atoms with E-state index in [4.69, 9.17) is 4.74 Å². The zero-order valence-electron chi connectivity index (χ0n) is 13.2. The minimum atomic E-state index is -0.581. The van der Waals surface area contributed by atoms with E-state index in [2.05, 4.69) is 5.32 Å². The number of carbonyl (C=O) groups excluding carboxylic acids is 2. The van der Waals surface area contributed by atoms with Gasteiger partial charge in [0.1, 0.15) is 12.3 Å². The number of hydrogen-bond donors (Lipinski definition) is 1. The van der Waals surface area contributed by atoms with Gasteiger partial charge in [0.25, 0.3) is 5.91 Å². The van der Waals surface area contributed by atoms with E-state index >= 15 is 0 Å². The lowest BCUT2D eigenvalue weighted by Crippen LogP contribution is -2.51. The highest BCUT2D eigenvalue weighted by molar-refractivity contribution is 6.03. The second-order valence-electron chi connectivity index (χ2n) is 6.45. The smallest absolute Gasteiger partial charge is 0.268 e. The fourth-order valence-corrected chi connectivity index (χ4v) is 2.28. The van der Waals surface area contributed by atoms with Crippen molar-refractivity contribution in [3.8, 4) is 5.75 Å². The highest BCUT2D eigenvalue weighted by Crippen LogP contribution is 2.34. The summed E-state index contributed by atoms with van der Waals surface area (Å²) in [5.41, 5.74) is 1.34. The number of amides is 2. The van der Waals surface area contributed by atoms with Crippen molar-refractivity contribution in [2.75, 3.05) is 11.4 Å². The number of fused-ring (bicyclic) bond motifs is 1. The summed E-state index contributed by atoms with van der Waals surface area (Å²) in [5, 5.41) is 2.87. The average molecular weight is 290 g/mol. The number of anilines is 1.